The van der Waals surface area contributed by atoms with Gasteiger partial charge < -0.3 is 18.8 Å². The van der Waals surface area contributed by atoms with E-state index in [1.165, 1.54) is 0 Å². The molecule has 1 atom stereocenters. The first kappa shape index (κ1) is 13.5. The maximum absolute atomic E-state index is 11.7. The predicted molar refractivity (Wildman–Crippen MR) is 74.5 cm³/mol. The number of hydrogen-bond acceptors (Lipinski definition) is 5. The van der Waals surface area contributed by atoms with E-state index >= 15 is 0 Å². The Morgan fingerprint density at radius 1 is 1.48 bits per heavy atom. The Bertz CT molecular complexity index is 625. The SMILES string of the molecule is CCOC(=O)c1ccc2c(c1)OCC(Cn1ccnc1)O2. The Hall–Kier alpha value is -2.50. The average Bonchev–Trinajstić information content (AvgIpc) is 3.00. The maximum atomic E-state index is 11.7. The molecule has 1 aliphatic rings. The Morgan fingerprint density at radius 3 is 3.14 bits per heavy atom. The summed E-state index contributed by atoms with van der Waals surface area (Å²) in [6.07, 6.45) is 5.26. The van der Waals surface area contributed by atoms with Crippen LogP contribution in [0.5, 0.6) is 11.5 Å². The minimum Gasteiger partial charge on any atom is -0.486 e. The standard InChI is InChI=1S/C15H16N2O4/c1-2-19-15(18)11-3-4-13-14(7-11)20-9-12(21-13)8-17-6-5-16-10-17/h3-7,10,12H,2,8-9H2,1H3. The van der Waals surface area contributed by atoms with E-state index in [0.717, 1.165) is 0 Å². The van der Waals surface area contributed by atoms with Crippen LogP contribution in [0.25, 0.3) is 0 Å². The largest absolute Gasteiger partial charge is 0.486 e. The van der Waals surface area contributed by atoms with Crippen molar-refractivity contribution in [3.05, 3.63) is 42.5 Å². The van der Waals surface area contributed by atoms with E-state index in [0.29, 0.717) is 36.8 Å². The molecule has 1 aromatic heterocycles. The molecule has 1 aliphatic heterocycles. The molecule has 0 amide bonds. The van der Waals surface area contributed by atoms with Gasteiger partial charge in [-0.25, -0.2) is 9.78 Å². The quantitative estimate of drug-likeness (QED) is 0.804. The fraction of sp³-hybridized carbons (Fsp3) is 0.333. The van der Waals surface area contributed by atoms with Gasteiger partial charge in [-0.2, -0.15) is 0 Å². The van der Waals surface area contributed by atoms with Gasteiger partial charge in [0.2, 0.25) is 0 Å². The molecule has 3 rings (SSSR count). The van der Waals surface area contributed by atoms with Crippen molar-refractivity contribution in [2.75, 3.05) is 13.2 Å². The van der Waals surface area contributed by atoms with E-state index in [2.05, 4.69) is 4.98 Å². The van der Waals surface area contributed by atoms with Crippen LogP contribution < -0.4 is 9.47 Å². The highest BCUT2D eigenvalue weighted by Crippen LogP contribution is 2.33. The molecule has 110 valence electrons. The van der Waals surface area contributed by atoms with Crippen molar-refractivity contribution in [2.45, 2.75) is 19.6 Å². The van der Waals surface area contributed by atoms with Gasteiger partial charge in [0.05, 0.1) is 25.0 Å². The number of nitrogens with zero attached hydrogens (tertiary/aromatic N) is 2. The molecule has 0 aliphatic carbocycles. The molecular formula is C15H16N2O4. The Labute approximate surface area is 122 Å². The van der Waals surface area contributed by atoms with Gasteiger partial charge in [-0.3, -0.25) is 0 Å². The molecule has 0 fully saturated rings. The highest BCUT2D eigenvalue weighted by Gasteiger charge is 2.22. The molecule has 0 N–H and O–H groups in total. The molecule has 2 heterocycles. The number of esters is 1. The van der Waals surface area contributed by atoms with Crippen LogP contribution in [0.4, 0.5) is 0 Å². The molecule has 2 aromatic rings. The van der Waals surface area contributed by atoms with E-state index in [4.69, 9.17) is 14.2 Å². The molecule has 0 saturated carbocycles. The first-order valence-electron chi connectivity index (χ1n) is 6.82. The highest BCUT2D eigenvalue weighted by molar-refractivity contribution is 5.90. The number of carbonyl (C=O) groups is 1. The van der Waals surface area contributed by atoms with E-state index in [-0.39, 0.29) is 12.1 Å². The number of aromatic nitrogens is 2. The topological polar surface area (TPSA) is 62.6 Å². The summed E-state index contributed by atoms with van der Waals surface area (Å²) in [6, 6.07) is 5.07. The third-order valence-corrected chi connectivity index (χ3v) is 3.15. The highest BCUT2D eigenvalue weighted by atomic mass is 16.6. The predicted octanol–water partition coefficient (Wildman–Crippen LogP) is 1.90. The van der Waals surface area contributed by atoms with Crippen LogP contribution in [-0.2, 0) is 11.3 Å². The molecule has 0 bridgehead atoms. The van der Waals surface area contributed by atoms with Crippen molar-refractivity contribution in [1.82, 2.24) is 9.55 Å². The fourth-order valence-electron chi connectivity index (χ4n) is 2.18. The second-order valence-corrected chi connectivity index (χ2v) is 4.69. The van der Waals surface area contributed by atoms with Gasteiger partial charge in [-0.15, -0.1) is 0 Å². The number of fused-ring (bicyclic) bond motifs is 1. The first-order valence-corrected chi connectivity index (χ1v) is 6.82. The van der Waals surface area contributed by atoms with Gasteiger partial charge >= 0.3 is 5.97 Å². The lowest BCUT2D eigenvalue weighted by Gasteiger charge is -2.27. The number of benzene rings is 1. The summed E-state index contributed by atoms with van der Waals surface area (Å²) >= 11 is 0. The van der Waals surface area contributed by atoms with Gasteiger partial charge in [-0.05, 0) is 25.1 Å². The van der Waals surface area contributed by atoms with E-state index in [1.54, 1.807) is 37.6 Å². The minimum absolute atomic E-state index is 0.0832. The molecule has 0 spiro atoms. The number of ether oxygens (including phenoxy) is 3. The lowest BCUT2D eigenvalue weighted by atomic mass is 10.2. The van der Waals surface area contributed by atoms with Crippen LogP contribution in [0.2, 0.25) is 0 Å². The third-order valence-electron chi connectivity index (χ3n) is 3.15. The summed E-state index contributed by atoms with van der Waals surface area (Å²) in [6.45, 7) is 3.22. The van der Waals surface area contributed by atoms with E-state index < -0.39 is 0 Å². The number of rotatable bonds is 4. The summed E-state index contributed by atoms with van der Waals surface area (Å²) in [5.74, 6) is 0.853. The van der Waals surface area contributed by atoms with Crippen LogP contribution in [0, 0.1) is 0 Å². The van der Waals surface area contributed by atoms with Gasteiger partial charge in [-0.1, -0.05) is 0 Å². The molecule has 0 radical (unpaired) electrons. The van der Waals surface area contributed by atoms with Crippen LogP contribution in [0.3, 0.4) is 0 Å². The Morgan fingerprint density at radius 2 is 2.38 bits per heavy atom. The smallest absolute Gasteiger partial charge is 0.338 e. The number of imidazole rings is 1. The van der Waals surface area contributed by atoms with Crippen LogP contribution >= 0.6 is 0 Å². The molecule has 6 nitrogen and oxygen atoms in total. The second kappa shape index (κ2) is 5.87. The monoisotopic (exact) mass is 288 g/mol. The van der Waals surface area contributed by atoms with Crippen molar-refractivity contribution >= 4 is 5.97 Å². The summed E-state index contributed by atoms with van der Waals surface area (Å²) in [5.41, 5.74) is 0.465. The van der Waals surface area contributed by atoms with Crippen molar-refractivity contribution in [3.8, 4) is 11.5 Å². The van der Waals surface area contributed by atoms with Gasteiger partial charge in [0.1, 0.15) is 6.61 Å². The fourth-order valence-corrected chi connectivity index (χ4v) is 2.18. The maximum Gasteiger partial charge on any atom is 0.338 e. The summed E-state index contributed by atoms with van der Waals surface area (Å²) in [4.78, 5) is 15.7. The minimum atomic E-state index is -0.357. The zero-order valence-corrected chi connectivity index (χ0v) is 11.7. The Balaban J connectivity index is 1.71. The van der Waals surface area contributed by atoms with Gasteiger partial charge in [0.15, 0.2) is 17.6 Å². The zero-order valence-electron chi connectivity index (χ0n) is 11.7. The van der Waals surface area contributed by atoms with Crippen molar-refractivity contribution in [1.29, 1.82) is 0 Å². The average molecular weight is 288 g/mol. The number of carbonyl (C=O) groups excluding carboxylic acids is 1. The summed E-state index contributed by atoms with van der Waals surface area (Å²) in [7, 11) is 0. The molecule has 6 heteroatoms. The van der Waals surface area contributed by atoms with Crippen LogP contribution in [0.1, 0.15) is 17.3 Å². The second-order valence-electron chi connectivity index (χ2n) is 4.69. The number of hydrogen-bond donors (Lipinski definition) is 0. The van der Waals surface area contributed by atoms with Gasteiger partial charge in [0.25, 0.3) is 0 Å². The van der Waals surface area contributed by atoms with Crippen molar-refractivity contribution < 1.29 is 19.0 Å². The zero-order chi connectivity index (χ0) is 14.7. The van der Waals surface area contributed by atoms with Crippen molar-refractivity contribution in [3.63, 3.8) is 0 Å². The van der Waals surface area contributed by atoms with Crippen LogP contribution in [0.15, 0.2) is 36.9 Å². The summed E-state index contributed by atoms with van der Waals surface area (Å²) < 4.78 is 18.5. The lowest BCUT2D eigenvalue weighted by Crippen LogP contribution is -2.33. The normalized spacial score (nSPS) is 16.5. The van der Waals surface area contributed by atoms with Gasteiger partial charge in [0, 0.05) is 12.4 Å². The molecular weight excluding hydrogens is 272 g/mol. The van der Waals surface area contributed by atoms with Crippen molar-refractivity contribution in [2.24, 2.45) is 0 Å². The summed E-state index contributed by atoms with van der Waals surface area (Å²) in [5, 5.41) is 0. The Kier molecular flexibility index (Phi) is 3.77. The lowest BCUT2D eigenvalue weighted by molar-refractivity contribution is 0.0522. The van der Waals surface area contributed by atoms with Crippen LogP contribution in [-0.4, -0.2) is 34.8 Å². The molecule has 21 heavy (non-hydrogen) atoms. The molecule has 1 unspecified atom stereocenters. The third kappa shape index (κ3) is 2.99. The molecule has 0 saturated heterocycles. The van der Waals surface area contributed by atoms with E-state index in [1.807, 2.05) is 10.8 Å². The molecule has 1 aromatic carbocycles. The van der Waals surface area contributed by atoms with E-state index in [9.17, 15) is 4.79 Å². The first-order chi connectivity index (χ1) is 10.3.